The maximum Gasteiger partial charge on any atom is 0.191 e. The molecule has 5 nitrogen and oxygen atoms in total. The average Bonchev–Trinajstić information content (AvgIpc) is 2.95. The number of hydrogen-bond acceptors (Lipinski definition) is 3. The zero-order valence-electron chi connectivity index (χ0n) is 14.5. The highest BCUT2D eigenvalue weighted by molar-refractivity contribution is 9.10. The Bertz CT molecular complexity index is 679. The molecule has 2 N–H and O–H groups in total. The number of thioether (sulfide) groups is 1. The number of aliphatic imine (C=N–C) groups is 1. The second-order valence-electron chi connectivity index (χ2n) is 6.12. The van der Waals surface area contributed by atoms with E-state index >= 15 is 0 Å². The van der Waals surface area contributed by atoms with Gasteiger partial charge in [0, 0.05) is 53.1 Å². The highest BCUT2D eigenvalue weighted by atomic mass is 79.9. The summed E-state index contributed by atoms with van der Waals surface area (Å²) in [6.07, 6.45) is 3.85. The lowest BCUT2D eigenvalue weighted by molar-refractivity contribution is 0.662. The van der Waals surface area contributed by atoms with Gasteiger partial charge in [0.25, 0.3) is 0 Å². The largest absolute Gasteiger partial charge is 0.355 e. The van der Waals surface area contributed by atoms with Gasteiger partial charge < -0.3 is 10.6 Å². The van der Waals surface area contributed by atoms with E-state index in [2.05, 4.69) is 74.8 Å². The fourth-order valence-electron chi connectivity index (χ4n) is 2.12. The zero-order chi connectivity index (χ0) is 17.6. The molecule has 2 rings (SSSR count). The van der Waals surface area contributed by atoms with E-state index < -0.39 is 0 Å². The normalized spacial score (nSPS) is 12.3. The SMILES string of the molecule is CN=C(NCc1cnn(C)c1)NCC(C)(C)Sc1ccc(Br)cc1. The smallest absolute Gasteiger partial charge is 0.191 e. The fourth-order valence-corrected chi connectivity index (χ4v) is 3.44. The maximum absolute atomic E-state index is 4.28. The van der Waals surface area contributed by atoms with E-state index in [1.165, 1.54) is 4.90 Å². The Kier molecular flexibility index (Phi) is 6.74. The molecule has 1 aromatic carbocycles. The molecule has 1 aromatic heterocycles. The van der Waals surface area contributed by atoms with Crippen LogP contribution in [0.1, 0.15) is 19.4 Å². The topological polar surface area (TPSA) is 54.2 Å². The molecule has 0 saturated heterocycles. The first-order chi connectivity index (χ1) is 11.4. The number of halogens is 1. The quantitative estimate of drug-likeness (QED) is 0.435. The predicted octanol–water partition coefficient (Wildman–Crippen LogP) is 3.42. The van der Waals surface area contributed by atoms with Crippen molar-refractivity contribution in [2.24, 2.45) is 12.0 Å². The summed E-state index contributed by atoms with van der Waals surface area (Å²) in [5.41, 5.74) is 1.13. The van der Waals surface area contributed by atoms with Crippen molar-refractivity contribution in [3.05, 3.63) is 46.7 Å². The summed E-state index contributed by atoms with van der Waals surface area (Å²) in [6, 6.07) is 8.40. The van der Waals surface area contributed by atoms with E-state index in [9.17, 15) is 0 Å². The van der Waals surface area contributed by atoms with Crippen molar-refractivity contribution in [3.8, 4) is 0 Å². The van der Waals surface area contributed by atoms with Gasteiger partial charge in [-0.2, -0.15) is 5.10 Å². The molecular weight excluding hydrogens is 386 g/mol. The number of guanidine groups is 1. The molecule has 2 aromatic rings. The van der Waals surface area contributed by atoms with Crippen LogP contribution in [0.2, 0.25) is 0 Å². The fraction of sp³-hybridized carbons (Fsp3) is 0.412. The Morgan fingerprint density at radius 2 is 2.00 bits per heavy atom. The molecule has 0 aliphatic carbocycles. The van der Waals surface area contributed by atoms with Crippen LogP contribution in [0.25, 0.3) is 0 Å². The highest BCUT2D eigenvalue weighted by Gasteiger charge is 2.20. The lowest BCUT2D eigenvalue weighted by atomic mass is 10.2. The molecule has 7 heteroatoms. The van der Waals surface area contributed by atoms with Gasteiger partial charge >= 0.3 is 0 Å². The summed E-state index contributed by atoms with van der Waals surface area (Å²) in [4.78, 5) is 5.54. The molecule has 0 radical (unpaired) electrons. The second-order valence-corrected chi connectivity index (χ2v) is 8.81. The third kappa shape index (κ3) is 6.20. The van der Waals surface area contributed by atoms with Gasteiger partial charge in [-0.25, -0.2) is 0 Å². The third-order valence-corrected chi connectivity index (χ3v) is 5.06. The van der Waals surface area contributed by atoms with Gasteiger partial charge in [0.05, 0.1) is 6.20 Å². The molecule has 0 bridgehead atoms. The van der Waals surface area contributed by atoms with Crippen molar-refractivity contribution in [1.29, 1.82) is 0 Å². The summed E-state index contributed by atoms with van der Waals surface area (Å²) >= 11 is 5.32. The Labute approximate surface area is 156 Å². The molecule has 1 heterocycles. The molecule has 0 spiro atoms. The lowest BCUT2D eigenvalue weighted by Gasteiger charge is -2.25. The first-order valence-corrected chi connectivity index (χ1v) is 9.35. The summed E-state index contributed by atoms with van der Waals surface area (Å²) in [7, 11) is 3.70. The van der Waals surface area contributed by atoms with E-state index in [-0.39, 0.29) is 4.75 Å². The number of nitrogens with one attached hydrogen (secondary N) is 2. The monoisotopic (exact) mass is 409 g/mol. The number of nitrogens with zero attached hydrogens (tertiary/aromatic N) is 3. The Hall–Kier alpha value is -1.47. The van der Waals surface area contributed by atoms with E-state index in [4.69, 9.17) is 0 Å². The summed E-state index contributed by atoms with van der Waals surface area (Å²) < 4.78 is 2.94. The lowest BCUT2D eigenvalue weighted by Crippen LogP contribution is -2.43. The van der Waals surface area contributed by atoms with Gasteiger partial charge in [0.15, 0.2) is 5.96 Å². The average molecular weight is 410 g/mol. The van der Waals surface area contributed by atoms with Gasteiger partial charge in [-0.1, -0.05) is 15.9 Å². The highest BCUT2D eigenvalue weighted by Crippen LogP contribution is 2.32. The van der Waals surface area contributed by atoms with Crippen LogP contribution in [0.3, 0.4) is 0 Å². The van der Waals surface area contributed by atoms with Gasteiger partial charge in [0.1, 0.15) is 0 Å². The summed E-state index contributed by atoms with van der Waals surface area (Å²) in [6.45, 7) is 5.95. The van der Waals surface area contributed by atoms with Crippen LogP contribution in [-0.2, 0) is 13.6 Å². The molecule has 24 heavy (non-hydrogen) atoms. The Morgan fingerprint density at radius 3 is 2.58 bits per heavy atom. The number of benzene rings is 1. The van der Waals surface area contributed by atoms with Crippen LogP contribution in [0.5, 0.6) is 0 Å². The molecule has 0 atom stereocenters. The van der Waals surface area contributed by atoms with Crippen molar-refractivity contribution >= 4 is 33.7 Å². The molecular formula is C17H24BrN5S. The molecule has 0 fully saturated rings. The van der Waals surface area contributed by atoms with Crippen LogP contribution in [0, 0.1) is 0 Å². The Morgan fingerprint density at radius 1 is 1.29 bits per heavy atom. The third-order valence-electron chi connectivity index (χ3n) is 3.33. The first kappa shape index (κ1) is 18.9. The molecule has 130 valence electrons. The van der Waals surface area contributed by atoms with Crippen molar-refractivity contribution < 1.29 is 0 Å². The molecule has 0 amide bonds. The van der Waals surface area contributed by atoms with E-state index in [0.29, 0.717) is 6.54 Å². The number of aromatic nitrogens is 2. The van der Waals surface area contributed by atoms with Crippen LogP contribution in [-0.4, -0.2) is 34.1 Å². The van der Waals surface area contributed by atoms with E-state index in [1.807, 2.05) is 31.2 Å². The van der Waals surface area contributed by atoms with E-state index in [1.54, 1.807) is 11.7 Å². The van der Waals surface area contributed by atoms with Crippen LogP contribution < -0.4 is 10.6 Å². The maximum atomic E-state index is 4.28. The second kappa shape index (κ2) is 8.58. The number of rotatable bonds is 6. The Balaban J connectivity index is 1.83. The predicted molar refractivity (Wildman–Crippen MR) is 105 cm³/mol. The molecule has 0 saturated carbocycles. The van der Waals surface area contributed by atoms with Crippen LogP contribution in [0.15, 0.2) is 51.0 Å². The van der Waals surface area contributed by atoms with Crippen molar-refractivity contribution in [3.63, 3.8) is 0 Å². The van der Waals surface area contributed by atoms with Gasteiger partial charge in [0.2, 0.25) is 0 Å². The van der Waals surface area contributed by atoms with Gasteiger partial charge in [-0.3, -0.25) is 9.67 Å². The number of hydrogen-bond donors (Lipinski definition) is 2. The van der Waals surface area contributed by atoms with Crippen LogP contribution in [0.4, 0.5) is 0 Å². The molecule has 0 aliphatic rings. The first-order valence-electron chi connectivity index (χ1n) is 7.74. The van der Waals surface area contributed by atoms with Crippen molar-refractivity contribution in [1.82, 2.24) is 20.4 Å². The van der Waals surface area contributed by atoms with E-state index in [0.717, 1.165) is 22.5 Å². The molecule has 0 aliphatic heterocycles. The zero-order valence-corrected chi connectivity index (χ0v) is 16.9. The van der Waals surface area contributed by atoms with Crippen molar-refractivity contribution in [2.75, 3.05) is 13.6 Å². The minimum atomic E-state index is 0.0414. The summed E-state index contributed by atoms with van der Waals surface area (Å²) in [5, 5.41) is 10.9. The minimum absolute atomic E-state index is 0.0414. The summed E-state index contributed by atoms with van der Waals surface area (Å²) in [5.74, 6) is 0.795. The standard InChI is InChI=1S/C17H24BrN5S/c1-17(2,24-15-7-5-14(18)6-8-15)12-21-16(19-3)20-9-13-10-22-23(4)11-13/h5-8,10-11H,9,12H2,1-4H3,(H2,19,20,21). The van der Waals surface area contributed by atoms with Crippen LogP contribution >= 0.6 is 27.7 Å². The number of aryl methyl sites for hydroxylation is 1. The van der Waals surface area contributed by atoms with Crippen molar-refractivity contribution in [2.45, 2.75) is 30.0 Å². The minimum Gasteiger partial charge on any atom is -0.355 e. The molecule has 0 unspecified atom stereocenters. The van der Waals surface area contributed by atoms with Gasteiger partial charge in [-0.15, -0.1) is 11.8 Å². The van der Waals surface area contributed by atoms with Gasteiger partial charge in [-0.05, 0) is 38.1 Å².